The Balaban J connectivity index is 1.35. The monoisotopic (exact) mass is 376 g/mol. The Morgan fingerprint density at radius 3 is 2.44 bits per heavy atom. The van der Waals surface area contributed by atoms with Crippen molar-refractivity contribution in [2.45, 2.75) is 51.9 Å². The molecule has 2 heterocycles. The third-order valence-electron chi connectivity index (χ3n) is 5.71. The van der Waals surface area contributed by atoms with Gasteiger partial charge in [0.15, 0.2) is 0 Å². The van der Waals surface area contributed by atoms with Gasteiger partial charge >= 0.3 is 0 Å². The zero-order valence-electron chi connectivity index (χ0n) is 17.1. The van der Waals surface area contributed by atoms with Crippen molar-refractivity contribution in [1.29, 1.82) is 0 Å². The molecule has 5 nitrogen and oxygen atoms in total. The van der Waals surface area contributed by atoms with Gasteiger partial charge < -0.3 is 19.5 Å². The molecule has 5 heteroatoms. The predicted molar refractivity (Wildman–Crippen MR) is 108 cm³/mol. The lowest BCUT2D eigenvalue weighted by molar-refractivity contribution is -0.0734. The van der Waals surface area contributed by atoms with Gasteiger partial charge in [0.1, 0.15) is 18.5 Å². The first kappa shape index (κ1) is 20.6. The number of aliphatic hydroxyl groups excluding tert-OH is 1. The summed E-state index contributed by atoms with van der Waals surface area (Å²) in [6.07, 6.45) is 2.67. The number of likely N-dealkylation sites (tertiary alicyclic amines) is 1. The summed E-state index contributed by atoms with van der Waals surface area (Å²) in [7, 11) is 0. The number of morpholine rings is 1. The van der Waals surface area contributed by atoms with Crippen LogP contribution in [0.5, 0.6) is 5.75 Å². The molecular formula is C22H36N2O3. The number of para-hydroxylation sites is 1. The lowest BCUT2D eigenvalue weighted by Crippen LogP contribution is -2.48. The van der Waals surface area contributed by atoms with Crippen LogP contribution in [0.4, 0.5) is 0 Å². The fourth-order valence-electron chi connectivity index (χ4n) is 4.41. The zero-order chi connectivity index (χ0) is 19.2. The van der Waals surface area contributed by atoms with E-state index in [-0.39, 0.29) is 0 Å². The van der Waals surface area contributed by atoms with Gasteiger partial charge in [-0.3, -0.25) is 4.90 Å². The Kier molecular flexibility index (Phi) is 7.53. The van der Waals surface area contributed by atoms with E-state index in [2.05, 4.69) is 23.6 Å². The van der Waals surface area contributed by atoms with Crippen molar-refractivity contribution in [3.8, 4) is 5.75 Å². The van der Waals surface area contributed by atoms with E-state index < -0.39 is 6.10 Å². The van der Waals surface area contributed by atoms with Crippen LogP contribution in [0, 0.1) is 12.8 Å². The van der Waals surface area contributed by atoms with E-state index in [0.717, 1.165) is 43.4 Å². The summed E-state index contributed by atoms with van der Waals surface area (Å²) in [5.74, 6) is 1.63. The molecule has 0 bridgehead atoms. The molecule has 3 atom stereocenters. The van der Waals surface area contributed by atoms with Gasteiger partial charge in [-0.15, -0.1) is 0 Å². The minimum absolute atomic E-state index is 0.345. The van der Waals surface area contributed by atoms with Crippen LogP contribution in [0.25, 0.3) is 0 Å². The van der Waals surface area contributed by atoms with E-state index in [1.165, 1.54) is 19.4 Å². The molecule has 2 fully saturated rings. The van der Waals surface area contributed by atoms with Crippen LogP contribution in [0.3, 0.4) is 0 Å². The van der Waals surface area contributed by atoms with Crippen molar-refractivity contribution in [2.75, 3.05) is 45.9 Å². The van der Waals surface area contributed by atoms with E-state index in [1.807, 2.05) is 31.2 Å². The second-order valence-corrected chi connectivity index (χ2v) is 8.45. The quantitative estimate of drug-likeness (QED) is 0.792. The van der Waals surface area contributed by atoms with Crippen LogP contribution < -0.4 is 4.74 Å². The zero-order valence-corrected chi connectivity index (χ0v) is 17.1. The van der Waals surface area contributed by atoms with Crippen molar-refractivity contribution < 1.29 is 14.6 Å². The van der Waals surface area contributed by atoms with Crippen LogP contribution in [0.2, 0.25) is 0 Å². The smallest absolute Gasteiger partial charge is 0.122 e. The number of nitrogens with zero attached hydrogens (tertiary/aromatic N) is 2. The summed E-state index contributed by atoms with van der Waals surface area (Å²) in [5.41, 5.74) is 1.11. The molecule has 0 aliphatic carbocycles. The van der Waals surface area contributed by atoms with Crippen molar-refractivity contribution >= 4 is 0 Å². The molecule has 1 N–H and O–H groups in total. The van der Waals surface area contributed by atoms with Crippen molar-refractivity contribution in [3.05, 3.63) is 29.8 Å². The lowest BCUT2D eigenvalue weighted by Gasteiger charge is -2.39. The highest BCUT2D eigenvalue weighted by Gasteiger charge is 2.27. The molecule has 0 radical (unpaired) electrons. The van der Waals surface area contributed by atoms with Gasteiger partial charge in [-0.2, -0.15) is 0 Å². The number of benzene rings is 1. The molecule has 3 rings (SSSR count). The molecule has 2 aliphatic heterocycles. The Hall–Kier alpha value is -1.14. The van der Waals surface area contributed by atoms with E-state index in [9.17, 15) is 5.11 Å². The molecule has 152 valence electrons. The van der Waals surface area contributed by atoms with Gasteiger partial charge in [0.2, 0.25) is 0 Å². The van der Waals surface area contributed by atoms with Crippen molar-refractivity contribution in [3.63, 3.8) is 0 Å². The molecule has 2 aliphatic rings. The number of rotatable bonds is 7. The second kappa shape index (κ2) is 9.87. The first-order valence-electron chi connectivity index (χ1n) is 10.5. The average Bonchev–Trinajstić information content (AvgIpc) is 2.62. The first-order valence-corrected chi connectivity index (χ1v) is 10.5. The Bertz CT molecular complexity index is 564. The number of aryl methyl sites for hydroxylation is 1. The molecule has 0 amide bonds. The Labute approximate surface area is 164 Å². The normalized spacial score (nSPS) is 26.8. The summed E-state index contributed by atoms with van der Waals surface area (Å²) in [4.78, 5) is 4.96. The molecule has 0 aromatic heterocycles. The maximum absolute atomic E-state index is 10.4. The standard InChI is InChI=1S/C22H36N2O3/c1-17-6-4-5-7-22(17)26-16-21(25)15-23-10-8-20(9-11-23)14-24-12-18(2)27-19(3)13-24/h4-7,18-21,25H,8-16H2,1-3H3. The van der Waals surface area contributed by atoms with Crippen LogP contribution >= 0.6 is 0 Å². The molecule has 3 unspecified atom stereocenters. The minimum atomic E-state index is -0.443. The van der Waals surface area contributed by atoms with Crippen LogP contribution in [-0.4, -0.2) is 79.1 Å². The highest BCUT2D eigenvalue weighted by Crippen LogP contribution is 2.21. The minimum Gasteiger partial charge on any atom is -0.491 e. The van der Waals surface area contributed by atoms with Crippen LogP contribution in [0.1, 0.15) is 32.3 Å². The topological polar surface area (TPSA) is 45.2 Å². The number of hydrogen-bond acceptors (Lipinski definition) is 5. The summed E-state index contributed by atoms with van der Waals surface area (Å²) in [5, 5.41) is 10.4. The first-order chi connectivity index (χ1) is 13.0. The molecule has 0 spiro atoms. The van der Waals surface area contributed by atoms with Gasteiger partial charge in [0.05, 0.1) is 12.2 Å². The van der Waals surface area contributed by atoms with E-state index in [4.69, 9.17) is 9.47 Å². The van der Waals surface area contributed by atoms with E-state index in [0.29, 0.717) is 25.4 Å². The van der Waals surface area contributed by atoms with E-state index >= 15 is 0 Å². The van der Waals surface area contributed by atoms with Crippen LogP contribution in [-0.2, 0) is 4.74 Å². The van der Waals surface area contributed by atoms with Gasteiger partial charge in [-0.25, -0.2) is 0 Å². The van der Waals surface area contributed by atoms with Gasteiger partial charge in [0, 0.05) is 26.2 Å². The lowest BCUT2D eigenvalue weighted by atomic mass is 9.95. The van der Waals surface area contributed by atoms with Gasteiger partial charge in [-0.05, 0) is 64.3 Å². The second-order valence-electron chi connectivity index (χ2n) is 8.45. The number of ether oxygens (including phenoxy) is 2. The number of aliphatic hydroxyl groups is 1. The Morgan fingerprint density at radius 1 is 1.11 bits per heavy atom. The number of β-amino-alcohol motifs (C(OH)–C–C–N with tert-alkyl or cyclic N) is 1. The average molecular weight is 377 g/mol. The van der Waals surface area contributed by atoms with Gasteiger partial charge in [-0.1, -0.05) is 18.2 Å². The molecule has 0 saturated carbocycles. The molecule has 2 saturated heterocycles. The molecular weight excluding hydrogens is 340 g/mol. The molecule has 1 aromatic carbocycles. The fraction of sp³-hybridized carbons (Fsp3) is 0.727. The number of piperidine rings is 1. The third-order valence-corrected chi connectivity index (χ3v) is 5.71. The highest BCUT2D eigenvalue weighted by atomic mass is 16.5. The largest absolute Gasteiger partial charge is 0.491 e. The summed E-state index contributed by atoms with van der Waals surface area (Å²) >= 11 is 0. The fourth-order valence-corrected chi connectivity index (χ4v) is 4.41. The summed E-state index contributed by atoms with van der Waals surface area (Å²) < 4.78 is 11.6. The van der Waals surface area contributed by atoms with Gasteiger partial charge in [0.25, 0.3) is 0 Å². The van der Waals surface area contributed by atoms with Crippen molar-refractivity contribution in [1.82, 2.24) is 9.80 Å². The third kappa shape index (κ3) is 6.46. The Morgan fingerprint density at radius 2 is 1.78 bits per heavy atom. The van der Waals surface area contributed by atoms with Crippen molar-refractivity contribution in [2.24, 2.45) is 5.92 Å². The maximum atomic E-state index is 10.4. The maximum Gasteiger partial charge on any atom is 0.122 e. The van der Waals surface area contributed by atoms with Crippen LogP contribution in [0.15, 0.2) is 24.3 Å². The number of hydrogen-bond donors (Lipinski definition) is 1. The molecule has 1 aromatic rings. The summed E-state index contributed by atoms with van der Waals surface area (Å²) in [6.45, 7) is 12.9. The highest BCUT2D eigenvalue weighted by molar-refractivity contribution is 5.31. The summed E-state index contributed by atoms with van der Waals surface area (Å²) in [6, 6.07) is 7.96. The SMILES string of the molecule is Cc1ccccc1OCC(O)CN1CCC(CN2CC(C)OC(C)C2)CC1. The predicted octanol–water partition coefficient (Wildman–Crippen LogP) is 2.56. The van der Waals surface area contributed by atoms with E-state index in [1.54, 1.807) is 0 Å². The molecule has 27 heavy (non-hydrogen) atoms.